The molecule has 4 fully saturated rings. The molecule has 1 atom stereocenters. The second kappa shape index (κ2) is 8.84. The number of aryl methyl sites for hydroxylation is 1. The van der Waals surface area contributed by atoms with Crippen LogP contribution in [0.15, 0.2) is 36.7 Å². The summed E-state index contributed by atoms with van der Waals surface area (Å²) in [7, 11) is 3.50. The van der Waals surface area contributed by atoms with Gasteiger partial charge in [0.1, 0.15) is 17.6 Å². The first kappa shape index (κ1) is 22.0. The molecule has 2 aromatic rings. The van der Waals surface area contributed by atoms with Crippen LogP contribution in [0.3, 0.4) is 0 Å². The number of ether oxygens (including phenoxy) is 1. The van der Waals surface area contributed by atoms with Gasteiger partial charge in [0.05, 0.1) is 13.7 Å². The zero-order valence-electron chi connectivity index (χ0n) is 19.5. The molecule has 0 spiro atoms. The molecule has 2 N–H and O–H groups in total. The zero-order chi connectivity index (χ0) is 23.0. The average Bonchev–Trinajstić information content (AvgIpc) is 3.20. The van der Waals surface area contributed by atoms with E-state index in [1.807, 2.05) is 42.1 Å². The van der Waals surface area contributed by atoms with Gasteiger partial charge in [0, 0.05) is 31.4 Å². The number of methoxy groups -OCH3 is 1. The first-order valence-electron chi connectivity index (χ1n) is 12.1. The molecule has 1 aromatic carbocycles. The standard InChI is InChI=1S/C26H34N4O3/c1-30-8-7-27-25(30)24(20-5-3-4-6-21(20)33-2)29-23(32)16-28-22(31)15-26-12-17-9-18(13-26)11-19(10-17)14-26/h3-8,17-19,24H,9-16H2,1-2H3,(H,28,31)(H,29,32). The second-order valence-corrected chi connectivity index (χ2v) is 10.5. The SMILES string of the molecule is COc1ccccc1C(NC(=O)CNC(=O)CC12CC3CC(CC(C3)C1)C2)c1nccn1C. The summed E-state index contributed by atoms with van der Waals surface area (Å²) in [6, 6.07) is 7.11. The number of hydrogen-bond acceptors (Lipinski definition) is 4. The van der Waals surface area contributed by atoms with Gasteiger partial charge in [0.25, 0.3) is 0 Å². The lowest BCUT2D eigenvalue weighted by Crippen LogP contribution is -2.48. The van der Waals surface area contributed by atoms with Crippen LogP contribution in [0.25, 0.3) is 0 Å². The number of carbonyl (C=O) groups is 2. The number of nitrogens with zero attached hydrogens (tertiary/aromatic N) is 2. The van der Waals surface area contributed by atoms with E-state index in [2.05, 4.69) is 15.6 Å². The Morgan fingerprint density at radius 1 is 1.12 bits per heavy atom. The molecule has 33 heavy (non-hydrogen) atoms. The highest BCUT2D eigenvalue weighted by atomic mass is 16.5. The number of hydrogen-bond donors (Lipinski definition) is 2. The van der Waals surface area contributed by atoms with E-state index in [-0.39, 0.29) is 23.8 Å². The van der Waals surface area contributed by atoms with Gasteiger partial charge in [-0.25, -0.2) is 4.98 Å². The number of para-hydroxylation sites is 1. The number of rotatable bonds is 8. The van der Waals surface area contributed by atoms with E-state index >= 15 is 0 Å². The Bertz CT molecular complexity index is 995. The molecule has 7 nitrogen and oxygen atoms in total. The van der Waals surface area contributed by atoms with E-state index in [1.54, 1.807) is 13.3 Å². The molecule has 1 heterocycles. The van der Waals surface area contributed by atoms with Crippen molar-refractivity contribution in [1.82, 2.24) is 20.2 Å². The van der Waals surface area contributed by atoms with E-state index in [0.29, 0.717) is 18.0 Å². The minimum absolute atomic E-state index is 0.00191. The number of nitrogens with one attached hydrogen (secondary N) is 2. The topological polar surface area (TPSA) is 85.2 Å². The third kappa shape index (κ3) is 4.50. The van der Waals surface area contributed by atoms with Crippen molar-refractivity contribution in [2.24, 2.45) is 30.2 Å². The maximum atomic E-state index is 12.9. The van der Waals surface area contributed by atoms with Crippen molar-refractivity contribution in [3.63, 3.8) is 0 Å². The Balaban J connectivity index is 1.22. The smallest absolute Gasteiger partial charge is 0.240 e. The number of imidazole rings is 1. The van der Waals surface area contributed by atoms with Crippen LogP contribution in [-0.2, 0) is 16.6 Å². The van der Waals surface area contributed by atoms with E-state index in [4.69, 9.17) is 4.74 Å². The molecule has 4 saturated carbocycles. The third-order valence-corrected chi connectivity index (χ3v) is 8.02. The number of amides is 2. The summed E-state index contributed by atoms with van der Waals surface area (Å²) in [6.45, 7) is -0.0404. The van der Waals surface area contributed by atoms with E-state index < -0.39 is 6.04 Å². The molecule has 7 heteroatoms. The lowest BCUT2D eigenvalue weighted by molar-refractivity contribution is -0.132. The fraction of sp³-hybridized carbons (Fsp3) is 0.577. The molecular weight excluding hydrogens is 416 g/mol. The van der Waals surface area contributed by atoms with Crippen LogP contribution < -0.4 is 15.4 Å². The largest absolute Gasteiger partial charge is 0.496 e. The van der Waals surface area contributed by atoms with Gasteiger partial charge in [0.15, 0.2) is 0 Å². The van der Waals surface area contributed by atoms with Crippen LogP contribution in [0, 0.1) is 23.2 Å². The predicted molar refractivity (Wildman–Crippen MR) is 124 cm³/mol. The molecule has 6 rings (SSSR count). The van der Waals surface area contributed by atoms with E-state index in [0.717, 1.165) is 23.3 Å². The molecule has 4 aliphatic carbocycles. The first-order chi connectivity index (χ1) is 15.9. The molecule has 0 aliphatic heterocycles. The van der Waals surface area contributed by atoms with E-state index in [1.165, 1.54) is 38.5 Å². The van der Waals surface area contributed by atoms with Crippen LogP contribution >= 0.6 is 0 Å². The fourth-order valence-corrected chi connectivity index (χ4v) is 7.14. The van der Waals surface area contributed by atoms with Crippen LogP contribution in [0.4, 0.5) is 0 Å². The molecule has 176 valence electrons. The summed E-state index contributed by atoms with van der Waals surface area (Å²) in [5, 5.41) is 5.94. The Labute approximate surface area is 195 Å². The van der Waals surface area contributed by atoms with Crippen molar-refractivity contribution in [1.29, 1.82) is 0 Å². The average molecular weight is 451 g/mol. The molecule has 4 bridgehead atoms. The number of benzene rings is 1. The van der Waals surface area contributed by atoms with Gasteiger partial charge in [0.2, 0.25) is 11.8 Å². The molecule has 0 saturated heterocycles. The normalized spacial score (nSPS) is 28.4. The Morgan fingerprint density at radius 2 is 1.79 bits per heavy atom. The molecule has 4 aliphatic rings. The van der Waals surface area contributed by atoms with Crippen LogP contribution in [-0.4, -0.2) is 35.0 Å². The predicted octanol–water partition coefficient (Wildman–Crippen LogP) is 3.36. The summed E-state index contributed by atoms with van der Waals surface area (Å²) in [5.74, 6) is 3.57. The highest BCUT2D eigenvalue weighted by Gasteiger charge is 2.51. The van der Waals surface area contributed by atoms with Gasteiger partial charge in [-0.15, -0.1) is 0 Å². The molecule has 2 amide bonds. The Hall–Kier alpha value is -2.83. The monoisotopic (exact) mass is 450 g/mol. The van der Waals surface area contributed by atoms with Crippen molar-refractivity contribution < 1.29 is 14.3 Å². The highest BCUT2D eigenvalue weighted by molar-refractivity contribution is 5.85. The quantitative estimate of drug-likeness (QED) is 0.646. The van der Waals surface area contributed by atoms with Crippen LogP contribution in [0.2, 0.25) is 0 Å². The lowest BCUT2D eigenvalue weighted by Gasteiger charge is -2.56. The summed E-state index contributed by atoms with van der Waals surface area (Å²) < 4.78 is 7.40. The van der Waals surface area contributed by atoms with Gasteiger partial charge in [-0.05, 0) is 67.8 Å². The lowest BCUT2D eigenvalue weighted by atomic mass is 9.49. The minimum atomic E-state index is -0.478. The fourth-order valence-electron chi connectivity index (χ4n) is 7.14. The molecule has 0 radical (unpaired) electrons. The van der Waals surface area contributed by atoms with Crippen LogP contribution in [0.1, 0.15) is 62.4 Å². The minimum Gasteiger partial charge on any atom is -0.496 e. The second-order valence-electron chi connectivity index (χ2n) is 10.5. The van der Waals surface area contributed by atoms with Gasteiger partial charge < -0.3 is 19.9 Å². The Kier molecular flexibility index (Phi) is 5.89. The van der Waals surface area contributed by atoms with Gasteiger partial charge >= 0.3 is 0 Å². The van der Waals surface area contributed by atoms with Gasteiger partial charge in [-0.3, -0.25) is 9.59 Å². The van der Waals surface area contributed by atoms with Crippen molar-refractivity contribution in [2.45, 2.75) is 51.0 Å². The van der Waals surface area contributed by atoms with Crippen molar-refractivity contribution in [3.05, 3.63) is 48.0 Å². The summed E-state index contributed by atoms with van der Waals surface area (Å²) in [4.78, 5) is 30.2. The Morgan fingerprint density at radius 3 is 2.39 bits per heavy atom. The third-order valence-electron chi connectivity index (χ3n) is 8.02. The first-order valence-corrected chi connectivity index (χ1v) is 12.1. The molecular formula is C26H34N4O3. The van der Waals surface area contributed by atoms with E-state index in [9.17, 15) is 9.59 Å². The van der Waals surface area contributed by atoms with Crippen molar-refractivity contribution in [2.75, 3.05) is 13.7 Å². The van der Waals surface area contributed by atoms with Crippen molar-refractivity contribution in [3.8, 4) is 5.75 Å². The molecule has 1 unspecified atom stereocenters. The summed E-state index contributed by atoms with van der Waals surface area (Å²) in [6.07, 6.45) is 11.8. The molecule has 1 aromatic heterocycles. The maximum absolute atomic E-state index is 12.9. The summed E-state index contributed by atoms with van der Waals surface area (Å²) >= 11 is 0. The van der Waals surface area contributed by atoms with Crippen molar-refractivity contribution >= 4 is 11.8 Å². The number of aromatic nitrogens is 2. The maximum Gasteiger partial charge on any atom is 0.240 e. The highest BCUT2D eigenvalue weighted by Crippen LogP contribution is 2.61. The van der Waals surface area contributed by atoms with Crippen LogP contribution in [0.5, 0.6) is 5.75 Å². The van der Waals surface area contributed by atoms with Gasteiger partial charge in [-0.1, -0.05) is 18.2 Å². The van der Waals surface area contributed by atoms with Gasteiger partial charge in [-0.2, -0.15) is 0 Å². The zero-order valence-corrected chi connectivity index (χ0v) is 19.5. The summed E-state index contributed by atoms with van der Waals surface area (Å²) in [5.41, 5.74) is 0.991. The number of carbonyl (C=O) groups excluding carboxylic acids is 2.